The van der Waals surface area contributed by atoms with Crippen molar-refractivity contribution in [2.24, 2.45) is 0 Å². The summed E-state index contributed by atoms with van der Waals surface area (Å²) in [6.45, 7) is 0.797. The van der Waals surface area contributed by atoms with Gasteiger partial charge in [-0.2, -0.15) is 0 Å². The second kappa shape index (κ2) is 4.41. The second-order valence-electron chi connectivity index (χ2n) is 3.60. The summed E-state index contributed by atoms with van der Waals surface area (Å²) >= 11 is 0. The van der Waals surface area contributed by atoms with Crippen molar-refractivity contribution in [3.8, 4) is 0 Å². The molecule has 0 aliphatic heterocycles. The predicted octanol–water partition coefficient (Wildman–Crippen LogP) is 2.74. The molecule has 0 saturated heterocycles. The lowest BCUT2D eigenvalue weighted by molar-refractivity contribution is 0.608. The molecule has 0 radical (unpaired) electrons. The Morgan fingerprint density at radius 3 is 2.73 bits per heavy atom. The van der Waals surface area contributed by atoms with Crippen LogP contribution >= 0.6 is 0 Å². The summed E-state index contributed by atoms with van der Waals surface area (Å²) in [6, 6.07) is 11.3. The molecule has 0 fully saturated rings. The van der Waals surface area contributed by atoms with Crippen LogP contribution in [0, 0.1) is 5.82 Å². The molecular weight excluding hydrogens is 189 g/mol. The highest BCUT2D eigenvalue weighted by atomic mass is 19.1. The van der Waals surface area contributed by atoms with Crippen LogP contribution in [0.2, 0.25) is 0 Å². The van der Waals surface area contributed by atoms with Crippen molar-refractivity contribution in [3.05, 3.63) is 47.8 Å². The number of halogens is 1. The van der Waals surface area contributed by atoms with Crippen LogP contribution in [0.15, 0.2) is 36.4 Å². The molecule has 2 aromatic carbocycles. The van der Waals surface area contributed by atoms with Crippen LogP contribution < -0.4 is 5.32 Å². The highest BCUT2D eigenvalue weighted by molar-refractivity contribution is 5.85. The lowest BCUT2D eigenvalue weighted by atomic mass is 10.0. The van der Waals surface area contributed by atoms with Crippen LogP contribution in [0.4, 0.5) is 4.39 Å². The third kappa shape index (κ3) is 2.00. The van der Waals surface area contributed by atoms with Crippen molar-refractivity contribution in [3.63, 3.8) is 0 Å². The molecule has 0 spiro atoms. The number of hydrogen-bond donors (Lipinski definition) is 1. The van der Waals surface area contributed by atoms with Gasteiger partial charge in [0, 0.05) is 0 Å². The second-order valence-corrected chi connectivity index (χ2v) is 3.60. The average Bonchev–Trinajstić information content (AvgIpc) is 2.28. The van der Waals surface area contributed by atoms with Crippen LogP contribution in [0.1, 0.15) is 5.56 Å². The summed E-state index contributed by atoms with van der Waals surface area (Å²) in [6.07, 6.45) is 0.726. The summed E-state index contributed by atoms with van der Waals surface area (Å²) in [5.41, 5.74) is 0.808. The summed E-state index contributed by atoms with van der Waals surface area (Å²) in [7, 11) is 1.88. The van der Waals surface area contributed by atoms with Gasteiger partial charge < -0.3 is 5.32 Å². The number of fused-ring (bicyclic) bond motifs is 1. The minimum atomic E-state index is -0.107. The minimum Gasteiger partial charge on any atom is -0.319 e. The van der Waals surface area contributed by atoms with Gasteiger partial charge in [-0.3, -0.25) is 0 Å². The molecule has 2 aromatic rings. The van der Waals surface area contributed by atoms with E-state index >= 15 is 0 Å². The Balaban J connectivity index is 2.53. The maximum Gasteiger partial charge on any atom is 0.127 e. The highest BCUT2D eigenvalue weighted by Gasteiger charge is 2.05. The van der Waals surface area contributed by atoms with Crippen LogP contribution in [0.3, 0.4) is 0 Å². The lowest BCUT2D eigenvalue weighted by Gasteiger charge is -2.07. The van der Waals surface area contributed by atoms with E-state index in [-0.39, 0.29) is 5.82 Å². The number of hydrogen-bond acceptors (Lipinski definition) is 1. The van der Waals surface area contributed by atoms with Gasteiger partial charge in [0.25, 0.3) is 0 Å². The van der Waals surface area contributed by atoms with E-state index in [0.29, 0.717) is 0 Å². The molecule has 15 heavy (non-hydrogen) atoms. The van der Waals surface area contributed by atoms with Crippen molar-refractivity contribution in [1.82, 2.24) is 5.32 Å². The third-order valence-electron chi connectivity index (χ3n) is 2.61. The average molecular weight is 203 g/mol. The molecular formula is C13H14FN. The van der Waals surface area contributed by atoms with E-state index in [0.717, 1.165) is 29.3 Å². The molecule has 0 aliphatic carbocycles. The molecule has 0 atom stereocenters. The Labute approximate surface area is 88.9 Å². The lowest BCUT2D eigenvalue weighted by Crippen LogP contribution is -2.11. The van der Waals surface area contributed by atoms with E-state index in [1.807, 2.05) is 37.4 Å². The van der Waals surface area contributed by atoms with E-state index in [9.17, 15) is 4.39 Å². The SMILES string of the molecule is CNCCc1c(F)ccc2ccccc12. The predicted molar refractivity (Wildman–Crippen MR) is 61.5 cm³/mol. The van der Waals surface area contributed by atoms with Crippen molar-refractivity contribution < 1.29 is 4.39 Å². The van der Waals surface area contributed by atoms with Crippen LogP contribution in [-0.2, 0) is 6.42 Å². The first-order valence-corrected chi connectivity index (χ1v) is 5.13. The maximum atomic E-state index is 13.6. The summed E-state index contributed by atoms with van der Waals surface area (Å²) in [5.74, 6) is -0.107. The fraction of sp³-hybridized carbons (Fsp3) is 0.231. The first-order chi connectivity index (χ1) is 7.33. The minimum absolute atomic E-state index is 0.107. The normalized spacial score (nSPS) is 10.8. The summed E-state index contributed by atoms with van der Waals surface area (Å²) in [5, 5.41) is 5.16. The van der Waals surface area contributed by atoms with Crippen LogP contribution in [-0.4, -0.2) is 13.6 Å². The van der Waals surface area contributed by atoms with Gasteiger partial charge in [0.2, 0.25) is 0 Å². The Bertz CT molecular complexity index is 465. The molecule has 0 amide bonds. The number of likely N-dealkylation sites (N-methyl/N-ethyl adjacent to an activating group) is 1. The molecule has 0 aromatic heterocycles. The Hall–Kier alpha value is -1.41. The fourth-order valence-electron chi connectivity index (χ4n) is 1.81. The van der Waals surface area contributed by atoms with Crippen molar-refractivity contribution >= 4 is 10.8 Å². The molecule has 0 bridgehead atoms. The molecule has 0 unspecified atom stereocenters. The largest absolute Gasteiger partial charge is 0.319 e. The van der Waals surface area contributed by atoms with E-state index in [1.165, 1.54) is 0 Å². The number of benzene rings is 2. The standard InChI is InChI=1S/C13H14FN/c1-15-9-8-12-11-5-3-2-4-10(11)6-7-13(12)14/h2-7,15H,8-9H2,1H3. The molecule has 1 nitrogen and oxygen atoms in total. The van der Waals surface area contributed by atoms with Crippen molar-refractivity contribution in [2.75, 3.05) is 13.6 Å². The number of rotatable bonds is 3. The van der Waals surface area contributed by atoms with Gasteiger partial charge in [-0.15, -0.1) is 0 Å². The quantitative estimate of drug-likeness (QED) is 0.808. The first-order valence-electron chi connectivity index (χ1n) is 5.13. The third-order valence-corrected chi connectivity index (χ3v) is 2.61. The summed E-state index contributed by atoms with van der Waals surface area (Å²) < 4.78 is 13.6. The Morgan fingerprint density at radius 1 is 1.13 bits per heavy atom. The van der Waals surface area contributed by atoms with Gasteiger partial charge in [0.1, 0.15) is 5.82 Å². The van der Waals surface area contributed by atoms with Gasteiger partial charge in [-0.1, -0.05) is 30.3 Å². The van der Waals surface area contributed by atoms with Gasteiger partial charge in [0.15, 0.2) is 0 Å². The van der Waals surface area contributed by atoms with Crippen molar-refractivity contribution in [2.45, 2.75) is 6.42 Å². The maximum absolute atomic E-state index is 13.6. The zero-order chi connectivity index (χ0) is 10.7. The van der Waals surface area contributed by atoms with E-state index < -0.39 is 0 Å². The smallest absolute Gasteiger partial charge is 0.127 e. The molecule has 0 saturated carbocycles. The Kier molecular flexibility index (Phi) is 2.97. The van der Waals surface area contributed by atoms with Crippen LogP contribution in [0.25, 0.3) is 10.8 Å². The number of nitrogens with one attached hydrogen (secondary N) is 1. The Morgan fingerprint density at radius 2 is 1.93 bits per heavy atom. The highest BCUT2D eigenvalue weighted by Crippen LogP contribution is 2.21. The molecule has 2 heteroatoms. The van der Waals surface area contributed by atoms with E-state index in [2.05, 4.69) is 5.32 Å². The van der Waals surface area contributed by atoms with Gasteiger partial charge in [-0.25, -0.2) is 4.39 Å². The molecule has 1 N–H and O–H groups in total. The summed E-state index contributed by atoms with van der Waals surface area (Å²) in [4.78, 5) is 0. The first kappa shape index (κ1) is 10.1. The fourth-order valence-corrected chi connectivity index (χ4v) is 1.81. The molecule has 2 rings (SSSR count). The topological polar surface area (TPSA) is 12.0 Å². The van der Waals surface area contributed by atoms with Crippen LogP contribution in [0.5, 0.6) is 0 Å². The monoisotopic (exact) mass is 203 g/mol. The van der Waals surface area contributed by atoms with E-state index in [4.69, 9.17) is 0 Å². The van der Waals surface area contributed by atoms with Gasteiger partial charge in [0.05, 0.1) is 0 Å². The van der Waals surface area contributed by atoms with Crippen molar-refractivity contribution in [1.29, 1.82) is 0 Å². The molecule has 0 aliphatic rings. The molecule has 78 valence electrons. The van der Waals surface area contributed by atoms with Gasteiger partial charge >= 0.3 is 0 Å². The zero-order valence-corrected chi connectivity index (χ0v) is 8.76. The van der Waals surface area contributed by atoms with Gasteiger partial charge in [-0.05, 0) is 42.4 Å². The van der Waals surface area contributed by atoms with E-state index in [1.54, 1.807) is 6.07 Å². The molecule has 0 heterocycles. The zero-order valence-electron chi connectivity index (χ0n) is 8.76.